The number of hydrogen-bond acceptors (Lipinski definition) is 4. The van der Waals surface area contributed by atoms with Crippen molar-refractivity contribution in [3.63, 3.8) is 0 Å². The number of nitrogens with one attached hydrogen (secondary N) is 1. The summed E-state index contributed by atoms with van der Waals surface area (Å²) < 4.78 is 32.6. The quantitative estimate of drug-likeness (QED) is 0.805. The van der Waals surface area contributed by atoms with Crippen molar-refractivity contribution in [3.05, 3.63) is 29.8 Å². The molecule has 0 aromatic heterocycles. The van der Waals surface area contributed by atoms with Crippen molar-refractivity contribution in [1.82, 2.24) is 5.32 Å². The predicted octanol–water partition coefficient (Wildman–Crippen LogP) is 1.51. The number of hydrogen-bond donors (Lipinski definition) is 1. The van der Waals surface area contributed by atoms with Gasteiger partial charge in [0.15, 0.2) is 0 Å². The second-order valence-corrected chi connectivity index (χ2v) is 4.01. The highest BCUT2D eigenvalue weighted by molar-refractivity contribution is 5.85. The van der Waals surface area contributed by atoms with Crippen molar-refractivity contribution in [2.45, 2.75) is 26.0 Å². The summed E-state index contributed by atoms with van der Waals surface area (Å²) in [6.45, 7) is -1.38. The highest BCUT2D eigenvalue weighted by Gasteiger charge is 2.15. The van der Waals surface area contributed by atoms with Gasteiger partial charge in [-0.3, -0.25) is 4.79 Å². The van der Waals surface area contributed by atoms with Gasteiger partial charge in [0.05, 0.1) is 13.5 Å². The maximum atomic E-state index is 12.0. The number of carbonyl (C=O) groups excluding carboxylic acids is 2. The van der Waals surface area contributed by atoms with Crippen LogP contribution in [0.15, 0.2) is 24.3 Å². The topological polar surface area (TPSA) is 64.6 Å². The first-order valence-corrected chi connectivity index (χ1v) is 5.83. The average molecular weight is 287 g/mol. The van der Waals surface area contributed by atoms with Crippen molar-refractivity contribution in [3.8, 4) is 5.75 Å². The molecule has 0 aliphatic rings. The summed E-state index contributed by atoms with van der Waals surface area (Å²) in [6.07, 6.45) is 0.0241. The highest BCUT2D eigenvalue weighted by atomic mass is 19.3. The Morgan fingerprint density at radius 1 is 1.25 bits per heavy atom. The van der Waals surface area contributed by atoms with Crippen molar-refractivity contribution < 1.29 is 27.8 Å². The lowest BCUT2D eigenvalue weighted by atomic mass is 10.1. The van der Waals surface area contributed by atoms with E-state index < -0.39 is 18.6 Å². The summed E-state index contributed by atoms with van der Waals surface area (Å²) >= 11 is 0. The minimum absolute atomic E-state index is 0.0205. The Labute approximate surface area is 114 Å². The van der Waals surface area contributed by atoms with E-state index in [0.29, 0.717) is 5.56 Å². The van der Waals surface area contributed by atoms with Gasteiger partial charge in [-0.2, -0.15) is 8.78 Å². The number of benzene rings is 1. The molecule has 0 saturated heterocycles. The molecule has 0 aliphatic heterocycles. The van der Waals surface area contributed by atoms with Gasteiger partial charge in [-0.05, 0) is 24.6 Å². The largest absolute Gasteiger partial charge is 0.467 e. The minimum atomic E-state index is -2.88. The van der Waals surface area contributed by atoms with E-state index in [-0.39, 0.29) is 18.1 Å². The molecule has 0 saturated carbocycles. The van der Waals surface area contributed by atoms with E-state index in [2.05, 4.69) is 14.8 Å². The van der Waals surface area contributed by atoms with E-state index >= 15 is 0 Å². The van der Waals surface area contributed by atoms with Gasteiger partial charge in [-0.25, -0.2) is 4.79 Å². The van der Waals surface area contributed by atoms with Crippen molar-refractivity contribution in [1.29, 1.82) is 0 Å². The van der Waals surface area contributed by atoms with Crippen LogP contribution in [0.4, 0.5) is 8.78 Å². The minimum Gasteiger partial charge on any atom is -0.467 e. The summed E-state index contributed by atoms with van der Waals surface area (Å²) in [5, 5.41) is 2.46. The standard InChI is InChI=1S/C13H15F2NO4/c1-8(12(18)19-2)16-11(17)7-9-3-5-10(6-4-9)20-13(14)15/h3-6,8,13H,7H2,1-2H3,(H,16,17). The van der Waals surface area contributed by atoms with E-state index in [1.807, 2.05) is 0 Å². The summed E-state index contributed by atoms with van der Waals surface area (Å²) in [5.41, 5.74) is 0.612. The zero-order valence-electron chi connectivity index (χ0n) is 11.1. The lowest BCUT2D eigenvalue weighted by Gasteiger charge is -2.11. The first-order chi connectivity index (χ1) is 9.42. The molecule has 1 aromatic carbocycles. The number of alkyl halides is 2. The molecule has 1 amide bonds. The van der Waals surface area contributed by atoms with Crippen LogP contribution in [0.5, 0.6) is 5.75 Å². The maximum Gasteiger partial charge on any atom is 0.387 e. The highest BCUT2D eigenvalue weighted by Crippen LogP contribution is 2.15. The second-order valence-electron chi connectivity index (χ2n) is 4.01. The molecule has 1 atom stereocenters. The van der Waals surface area contributed by atoms with Crippen LogP contribution in [-0.2, 0) is 20.7 Å². The van der Waals surface area contributed by atoms with Crippen LogP contribution in [0.2, 0.25) is 0 Å². The van der Waals surface area contributed by atoms with E-state index in [4.69, 9.17) is 0 Å². The SMILES string of the molecule is COC(=O)C(C)NC(=O)Cc1ccc(OC(F)F)cc1. The normalized spacial score (nSPS) is 11.8. The van der Waals surface area contributed by atoms with Gasteiger partial charge in [0.1, 0.15) is 11.8 Å². The number of methoxy groups -OCH3 is 1. The van der Waals surface area contributed by atoms with Gasteiger partial charge in [0, 0.05) is 0 Å². The molecule has 1 rings (SSSR count). The Bertz CT molecular complexity index is 462. The van der Waals surface area contributed by atoms with Gasteiger partial charge in [0.25, 0.3) is 0 Å². The Kier molecular flexibility index (Phi) is 5.89. The Morgan fingerprint density at radius 2 is 1.85 bits per heavy atom. The first-order valence-electron chi connectivity index (χ1n) is 5.83. The molecule has 0 bridgehead atoms. The third kappa shape index (κ3) is 5.21. The third-order valence-corrected chi connectivity index (χ3v) is 2.45. The third-order valence-electron chi connectivity index (χ3n) is 2.45. The number of amides is 1. The van der Waals surface area contributed by atoms with E-state index in [1.54, 1.807) is 0 Å². The molecule has 20 heavy (non-hydrogen) atoms. The van der Waals surface area contributed by atoms with Gasteiger partial charge < -0.3 is 14.8 Å². The zero-order chi connectivity index (χ0) is 15.1. The van der Waals surface area contributed by atoms with Gasteiger partial charge in [-0.1, -0.05) is 12.1 Å². The van der Waals surface area contributed by atoms with Crippen LogP contribution in [0.3, 0.4) is 0 Å². The van der Waals surface area contributed by atoms with Crippen LogP contribution in [-0.4, -0.2) is 31.6 Å². The fourth-order valence-corrected chi connectivity index (χ4v) is 1.50. The lowest BCUT2D eigenvalue weighted by Crippen LogP contribution is -2.39. The van der Waals surface area contributed by atoms with E-state index in [9.17, 15) is 18.4 Å². The van der Waals surface area contributed by atoms with Crippen LogP contribution in [0, 0.1) is 0 Å². The Balaban J connectivity index is 2.52. The molecule has 0 radical (unpaired) electrons. The molecule has 1 unspecified atom stereocenters. The molecule has 5 nitrogen and oxygen atoms in total. The van der Waals surface area contributed by atoms with Crippen molar-refractivity contribution >= 4 is 11.9 Å². The van der Waals surface area contributed by atoms with Crippen LogP contribution >= 0.6 is 0 Å². The van der Waals surface area contributed by atoms with Gasteiger partial charge in [0.2, 0.25) is 5.91 Å². The first kappa shape index (κ1) is 15.9. The van der Waals surface area contributed by atoms with E-state index in [0.717, 1.165) is 0 Å². The zero-order valence-corrected chi connectivity index (χ0v) is 11.1. The molecule has 0 heterocycles. The summed E-state index contributed by atoms with van der Waals surface area (Å²) in [7, 11) is 1.23. The number of halogens is 2. The molecule has 110 valence electrons. The summed E-state index contributed by atoms with van der Waals surface area (Å²) in [6, 6.07) is 4.95. The van der Waals surface area contributed by atoms with Gasteiger partial charge in [-0.15, -0.1) is 0 Å². The monoisotopic (exact) mass is 287 g/mol. The summed E-state index contributed by atoms with van der Waals surface area (Å²) in [4.78, 5) is 22.8. The Morgan fingerprint density at radius 3 is 2.35 bits per heavy atom. The predicted molar refractivity (Wildman–Crippen MR) is 66.4 cm³/mol. The summed E-state index contributed by atoms with van der Waals surface area (Å²) in [5.74, 6) is -0.892. The fraction of sp³-hybridized carbons (Fsp3) is 0.385. The molecule has 1 N–H and O–H groups in total. The van der Waals surface area contributed by atoms with Crippen molar-refractivity contribution in [2.75, 3.05) is 7.11 Å². The van der Waals surface area contributed by atoms with Crippen LogP contribution < -0.4 is 10.1 Å². The maximum absolute atomic E-state index is 12.0. The number of rotatable bonds is 6. The van der Waals surface area contributed by atoms with Gasteiger partial charge >= 0.3 is 12.6 Å². The fourth-order valence-electron chi connectivity index (χ4n) is 1.50. The smallest absolute Gasteiger partial charge is 0.387 e. The molecule has 0 aliphatic carbocycles. The number of esters is 1. The number of ether oxygens (including phenoxy) is 2. The molecule has 1 aromatic rings. The molecular weight excluding hydrogens is 272 g/mol. The second kappa shape index (κ2) is 7.42. The van der Waals surface area contributed by atoms with Crippen molar-refractivity contribution in [2.24, 2.45) is 0 Å². The molecular formula is C13H15F2NO4. The molecule has 0 spiro atoms. The molecule has 7 heteroatoms. The Hall–Kier alpha value is -2.18. The van der Waals surface area contributed by atoms with Crippen LogP contribution in [0.25, 0.3) is 0 Å². The molecule has 0 fully saturated rings. The average Bonchev–Trinajstić information content (AvgIpc) is 2.39. The van der Waals surface area contributed by atoms with E-state index in [1.165, 1.54) is 38.3 Å². The van der Waals surface area contributed by atoms with Crippen LogP contribution in [0.1, 0.15) is 12.5 Å². The lowest BCUT2D eigenvalue weighted by molar-refractivity contribution is -0.144. The number of carbonyl (C=O) groups is 2.